The number of rotatable bonds is 3. The maximum atomic E-state index is 11.0. The predicted molar refractivity (Wildman–Crippen MR) is 70.9 cm³/mol. The molecule has 0 aliphatic rings. The molecule has 0 fully saturated rings. The average Bonchev–Trinajstić information content (AvgIpc) is 2.36. The molecule has 0 amide bonds. The predicted octanol–water partition coefficient (Wildman–Crippen LogP) is 2.88. The number of allylic oxidation sites excluding steroid dienone is 1. The monoisotopic (exact) mass is 246 g/mol. The molecular weight excluding hydrogens is 232 g/mol. The van der Waals surface area contributed by atoms with Crippen molar-refractivity contribution in [2.24, 2.45) is 0 Å². The molecule has 0 unspecified atom stereocenters. The van der Waals surface area contributed by atoms with Gasteiger partial charge in [-0.25, -0.2) is 4.79 Å². The van der Waals surface area contributed by atoms with Gasteiger partial charge in [0.15, 0.2) is 0 Å². The molecule has 0 aliphatic heterocycles. The Morgan fingerprint density at radius 2 is 2.12 bits per heavy atom. The number of carbonyl (C=O) groups is 1. The topological polar surface area (TPSA) is 26.3 Å². The number of carbonyl (C=O) groups excluding carboxylic acids is 1. The van der Waals surface area contributed by atoms with Crippen LogP contribution in [0.15, 0.2) is 41.3 Å². The summed E-state index contributed by atoms with van der Waals surface area (Å²) in [6, 6.07) is 7.95. The second-order valence-electron chi connectivity index (χ2n) is 3.08. The van der Waals surface area contributed by atoms with Crippen LogP contribution in [0.4, 0.5) is 0 Å². The fraction of sp³-hybridized carbons (Fsp3) is 0.214. The van der Waals surface area contributed by atoms with E-state index >= 15 is 0 Å². The molecule has 0 aliphatic carbocycles. The van der Waals surface area contributed by atoms with Crippen LogP contribution in [0.25, 0.3) is 0 Å². The van der Waals surface area contributed by atoms with Gasteiger partial charge in [0.1, 0.15) is 0 Å². The Bertz CT molecular complexity index is 449. The van der Waals surface area contributed by atoms with Crippen LogP contribution in [0.2, 0.25) is 0 Å². The standard InChI is InChI=1S/C14H14O2S/c1-3-16-14(15)7-5-4-6-12-8-10-13(17-2)11-9-12/h5,7-11H,3H2,1-2H3. The van der Waals surface area contributed by atoms with Crippen LogP contribution in [0.5, 0.6) is 0 Å². The van der Waals surface area contributed by atoms with Crippen LogP contribution in [-0.4, -0.2) is 18.8 Å². The fourth-order valence-corrected chi connectivity index (χ4v) is 1.51. The summed E-state index contributed by atoms with van der Waals surface area (Å²) in [5.41, 5.74) is 0.927. The van der Waals surface area contributed by atoms with Gasteiger partial charge in [-0.2, -0.15) is 0 Å². The molecule has 1 aromatic carbocycles. The Labute approximate surface area is 106 Å². The number of esters is 1. The molecular formula is C14H14O2S. The fourth-order valence-electron chi connectivity index (χ4n) is 1.10. The molecule has 2 nitrogen and oxygen atoms in total. The lowest BCUT2D eigenvalue weighted by Crippen LogP contribution is -1.98. The maximum Gasteiger partial charge on any atom is 0.331 e. The molecule has 3 heteroatoms. The molecule has 0 saturated heterocycles. The van der Waals surface area contributed by atoms with Gasteiger partial charge in [-0.1, -0.05) is 11.8 Å². The summed E-state index contributed by atoms with van der Waals surface area (Å²) >= 11 is 1.69. The summed E-state index contributed by atoms with van der Waals surface area (Å²) < 4.78 is 4.73. The third-order valence-electron chi connectivity index (χ3n) is 1.90. The van der Waals surface area contributed by atoms with Gasteiger partial charge in [0.2, 0.25) is 0 Å². The highest BCUT2D eigenvalue weighted by atomic mass is 32.2. The third-order valence-corrected chi connectivity index (χ3v) is 2.64. The second kappa shape index (κ2) is 7.59. The molecule has 0 aromatic heterocycles. The third kappa shape index (κ3) is 5.28. The molecule has 1 aromatic rings. The number of benzene rings is 1. The Hall–Kier alpha value is -1.66. The molecule has 88 valence electrons. The van der Waals surface area contributed by atoms with Crippen molar-refractivity contribution in [2.75, 3.05) is 12.9 Å². The van der Waals surface area contributed by atoms with E-state index in [1.165, 1.54) is 17.0 Å². The molecule has 0 atom stereocenters. The first-order valence-electron chi connectivity index (χ1n) is 5.25. The van der Waals surface area contributed by atoms with E-state index in [1.54, 1.807) is 18.7 Å². The first-order valence-corrected chi connectivity index (χ1v) is 6.47. The molecule has 0 bridgehead atoms. The SMILES string of the molecule is CCOC(=O)C=CC#Cc1ccc(SC)cc1. The van der Waals surface area contributed by atoms with Crippen molar-refractivity contribution >= 4 is 17.7 Å². The van der Waals surface area contributed by atoms with Crippen LogP contribution in [-0.2, 0) is 9.53 Å². The number of hydrogen-bond acceptors (Lipinski definition) is 3. The van der Waals surface area contributed by atoms with Gasteiger partial charge in [-0.15, -0.1) is 11.8 Å². The highest BCUT2D eigenvalue weighted by Gasteiger charge is 1.91. The van der Waals surface area contributed by atoms with Gasteiger partial charge in [0.05, 0.1) is 6.61 Å². The van der Waals surface area contributed by atoms with E-state index in [4.69, 9.17) is 4.74 Å². The number of hydrogen-bond donors (Lipinski definition) is 0. The summed E-state index contributed by atoms with van der Waals surface area (Å²) in [5.74, 6) is 5.37. The Balaban J connectivity index is 2.56. The van der Waals surface area contributed by atoms with Crippen LogP contribution in [0.1, 0.15) is 12.5 Å². The lowest BCUT2D eigenvalue weighted by atomic mass is 10.2. The highest BCUT2D eigenvalue weighted by Crippen LogP contribution is 2.14. The molecule has 0 N–H and O–H groups in total. The minimum absolute atomic E-state index is 0.362. The normalized spacial score (nSPS) is 9.76. The quantitative estimate of drug-likeness (QED) is 0.355. The first-order chi connectivity index (χ1) is 8.26. The molecule has 0 spiro atoms. The van der Waals surface area contributed by atoms with Gasteiger partial charge in [0, 0.05) is 16.5 Å². The van der Waals surface area contributed by atoms with Crippen LogP contribution >= 0.6 is 11.8 Å². The zero-order chi connectivity index (χ0) is 12.5. The summed E-state index contributed by atoms with van der Waals surface area (Å²) in [7, 11) is 0. The summed E-state index contributed by atoms with van der Waals surface area (Å²) in [5, 5.41) is 0. The van der Waals surface area contributed by atoms with E-state index in [9.17, 15) is 4.79 Å². The van der Waals surface area contributed by atoms with Gasteiger partial charge in [-0.3, -0.25) is 0 Å². The largest absolute Gasteiger partial charge is 0.463 e. The lowest BCUT2D eigenvalue weighted by molar-refractivity contribution is -0.137. The maximum absolute atomic E-state index is 11.0. The van der Waals surface area contributed by atoms with Crippen LogP contribution in [0.3, 0.4) is 0 Å². The van der Waals surface area contributed by atoms with Crippen molar-refractivity contribution in [3.63, 3.8) is 0 Å². The van der Waals surface area contributed by atoms with E-state index in [0.29, 0.717) is 6.61 Å². The van der Waals surface area contributed by atoms with Crippen LogP contribution < -0.4 is 0 Å². The van der Waals surface area contributed by atoms with Gasteiger partial charge < -0.3 is 4.74 Å². The molecule has 0 radical (unpaired) electrons. The van der Waals surface area contributed by atoms with Crippen LogP contribution in [0, 0.1) is 11.8 Å². The van der Waals surface area contributed by atoms with Crippen molar-refractivity contribution in [1.29, 1.82) is 0 Å². The second-order valence-corrected chi connectivity index (χ2v) is 3.96. The summed E-state index contributed by atoms with van der Waals surface area (Å²) in [6.45, 7) is 2.15. The van der Waals surface area contributed by atoms with Crippen molar-refractivity contribution < 1.29 is 9.53 Å². The highest BCUT2D eigenvalue weighted by molar-refractivity contribution is 7.98. The van der Waals surface area contributed by atoms with Crippen molar-refractivity contribution in [3.05, 3.63) is 42.0 Å². The Morgan fingerprint density at radius 3 is 2.71 bits per heavy atom. The lowest BCUT2D eigenvalue weighted by Gasteiger charge is -1.94. The molecule has 0 saturated carbocycles. The Morgan fingerprint density at radius 1 is 1.41 bits per heavy atom. The molecule has 17 heavy (non-hydrogen) atoms. The summed E-state index contributed by atoms with van der Waals surface area (Å²) in [6.07, 6.45) is 4.86. The number of thioether (sulfide) groups is 1. The van der Waals surface area contributed by atoms with E-state index in [0.717, 1.165) is 5.56 Å². The van der Waals surface area contributed by atoms with E-state index < -0.39 is 0 Å². The molecule has 1 rings (SSSR count). The minimum atomic E-state index is -0.362. The van der Waals surface area contributed by atoms with E-state index in [1.807, 2.05) is 30.5 Å². The minimum Gasteiger partial charge on any atom is -0.463 e. The van der Waals surface area contributed by atoms with E-state index in [-0.39, 0.29) is 5.97 Å². The van der Waals surface area contributed by atoms with Gasteiger partial charge in [-0.05, 0) is 43.5 Å². The van der Waals surface area contributed by atoms with E-state index in [2.05, 4.69) is 11.8 Å². The summed E-state index contributed by atoms with van der Waals surface area (Å²) in [4.78, 5) is 12.2. The smallest absolute Gasteiger partial charge is 0.331 e. The zero-order valence-electron chi connectivity index (χ0n) is 9.90. The molecule has 0 heterocycles. The van der Waals surface area contributed by atoms with Crippen molar-refractivity contribution in [2.45, 2.75) is 11.8 Å². The van der Waals surface area contributed by atoms with Crippen molar-refractivity contribution in [1.82, 2.24) is 0 Å². The number of ether oxygens (including phenoxy) is 1. The zero-order valence-corrected chi connectivity index (χ0v) is 10.7. The average molecular weight is 246 g/mol. The first kappa shape index (κ1) is 13.4. The van der Waals surface area contributed by atoms with Crippen molar-refractivity contribution in [3.8, 4) is 11.8 Å². The van der Waals surface area contributed by atoms with Gasteiger partial charge in [0.25, 0.3) is 0 Å². The Kier molecular flexibility index (Phi) is 5.98. The van der Waals surface area contributed by atoms with Gasteiger partial charge >= 0.3 is 5.97 Å².